The average Bonchev–Trinajstić information content (AvgIpc) is 3.09. The van der Waals surface area contributed by atoms with Crippen molar-refractivity contribution in [2.45, 2.75) is 121 Å². The third-order valence-electron chi connectivity index (χ3n) is 9.96. The van der Waals surface area contributed by atoms with Gasteiger partial charge in [-0.25, -0.2) is 4.79 Å². The Kier molecular flexibility index (Phi) is 12.4. The van der Waals surface area contributed by atoms with Crippen LogP contribution in [0.15, 0.2) is 60.7 Å². The monoisotopic (exact) mass is 618 g/mol. The molecule has 2 aromatic rings. The van der Waals surface area contributed by atoms with Gasteiger partial charge in [0.2, 0.25) is 11.0 Å². The van der Waals surface area contributed by atoms with Gasteiger partial charge in [-0.2, -0.15) is 0 Å². The fraction of sp³-hybridized carbons (Fsp3) is 0.595. The van der Waals surface area contributed by atoms with Crippen LogP contribution in [0.25, 0.3) is 0 Å². The van der Waals surface area contributed by atoms with E-state index in [0.717, 1.165) is 51.4 Å². The van der Waals surface area contributed by atoms with Gasteiger partial charge >= 0.3 is 5.97 Å². The van der Waals surface area contributed by atoms with Crippen LogP contribution in [-0.2, 0) is 14.4 Å². The lowest BCUT2D eigenvalue weighted by atomic mass is 9.81. The molecule has 1 amide bonds. The van der Waals surface area contributed by atoms with Crippen molar-refractivity contribution in [3.8, 4) is 0 Å². The summed E-state index contributed by atoms with van der Waals surface area (Å²) in [7, 11) is 0. The summed E-state index contributed by atoms with van der Waals surface area (Å²) < 4.78 is 0. The van der Waals surface area contributed by atoms with Crippen molar-refractivity contribution in [3.63, 3.8) is 0 Å². The van der Waals surface area contributed by atoms with E-state index in [9.17, 15) is 14.4 Å². The number of amides is 1. The van der Waals surface area contributed by atoms with Crippen molar-refractivity contribution in [2.24, 2.45) is 5.92 Å². The number of thioether (sulfide) groups is 1. The van der Waals surface area contributed by atoms with Gasteiger partial charge in [-0.3, -0.25) is 9.59 Å². The zero-order chi connectivity index (χ0) is 30.7. The summed E-state index contributed by atoms with van der Waals surface area (Å²) >= 11 is 1.18. The Labute approximate surface area is 268 Å². The lowest BCUT2D eigenvalue weighted by Gasteiger charge is -2.41. The minimum Gasteiger partial charge on any atom is -0.366 e. The van der Waals surface area contributed by atoms with Gasteiger partial charge in [-0.1, -0.05) is 118 Å². The Balaban J connectivity index is 1.26. The molecule has 1 unspecified atom stereocenters. The second kappa shape index (κ2) is 16.6. The summed E-state index contributed by atoms with van der Waals surface area (Å²) in [6.07, 6.45) is 15.2. The van der Waals surface area contributed by atoms with E-state index in [1.165, 1.54) is 55.9 Å². The lowest BCUT2D eigenvalue weighted by molar-refractivity contribution is -0.224. The third-order valence-corrected chi connectivity index (χ3v) is 11.1. The maximum Gasteiger partial charge on any atom is 0.344 e. The van der Waals surface area contributed by atoms with Gasteiger partial charge in [-0.15, -0.1) is 5.06 Å². The fourth-order valence-corrected chi connectivity index (χ4v) is 8.30. The van der Waals surface area contributed by atoms with Crippen LogP contribution in [0.5, 0.6) is 0 Å². The highest BCUT2D eigenvalue weighted by Gasteiger charge is 2.36. The number of hydroxylamine groups is 2. The maximum absolute atomic E-state index is 14.0. The van der Waals surface area contributed by atoms with Gasteiger partial charge in [-0.05, 0) is 62.8 Å². The molecule has 7 heteroatoms. The molecule has 1 atom stereocenters. The van der Waals surface area contributed by atoms with Crippen molar-refractivity contribution in [1.82, 2.24) is 9.96 Å². The molecule has 2 aromatic carbocycles. The lowest BCUT2D eigenvalue weighted by Crippen LogP contribution is -2.51. The zero-order valence-corrected chi connectivity index (χ0v) is 27.2. The van der Waals surface area contributed by atoms with Gasteiger partial charge in [0.1, 0.15) is 6.54 Å². The first-order valence-electron chi connectivity index (χ1n) is 17.1. The number of carbonyl (C=O) groups is 3. The van der Waals surface area contributed by atoms with Gasteiger partial charge in [0, 0.05) is 35.4 Å². The van der Waals surface area contributed by atoms with E-state index in [1.807, 2.05) is 36.1 Å². The van der Waals surface area contributed by atoms with Gasteiger partial charge < -0.3 is 9.74 Å². The van der Waals surface area contributed by atoms with Crippen LogP contribution in [0.2, 0.25) is 0 Å². The Hall–Kier alpha value is -2.64. The number of benzene rings is 2. The molecule has 238 valence electrons. The van der Waals surface area contributed by atoms with Gasteiger partial charge in [0.05, 0.1) is 0 Å². The average molecular weight is 619 g/mol. The molecule has 5 rings (SSSR count). The predicted molar refractivity (Wildman–Crippen MR) is 177 cm³/mol. The molecule has 0 bridgehead atoms. The maximum atomic E-state index is 14.0. The number of hydrogen-bond donors (Lipinski definition) is 0. The molecule has 0 radical (unpaired) electrons. The highest BCUT2D eigenvalue weighted by molar-refractivity contribution is 8.14. The van der Waals surface area contributed by atoms with Crippen molar-refractivity contribution in [1.29, 1.82) is 0 Å². The number of rotatable bonds is 11. The molecule has 0 N–H and O–H groups in total. The molecule has 0 aromatic heterocycles. The summed E-state index contributed by atoms with van der Waals surface area (Å²) in [6, 6.07) is 20.4. The first kappa shape index (κ1) is 32.7. The van der Waals surface area contributed by atoms with Crippen LogP contribution in [0.4, 0.5) is 0 Å². The molecule has 0 heterocycles. The number of nitrogens with zero attached hydrogens (tertiary/aromatic N) is 2. The normalized spacial score (nSPS) is 22.3. The van der Waals surface area contributed by atoms with Crippen LogP contribution in [0.3, 0.4) is 0 Å². The fourth-order valence-electron chi connectivity index (χ4n) is 7.45. The van der Waals surface area contributed by atoms with Crippen molar-refractivity contribution >= 4 is 28.8 Å². The smallest absolute Gasteiger partial charge is 0.344 e. The number of carbonyl (C=O) groups excluding carboxylic acids is 3. The van der Waals surface area contributed by atoms with E-state index >= 15 is 0 Å². The Morgan fingerprint density at radius 3 is 1.84 bits per heavy atom. The predicted octanol–water partition coefficient (Wildman–Crippen LogP) is 8.18. The highest BCUT2D eigenvalue weighted by Crippen LogP contribution is 2.36. The molecule has 0 saturated heterocycles. The largest absolute Gasteiger partial charge is 0.366 e. The van der Waals surface area contributed by atoms with Crippen molar-refractivity contribution in [3.05, 3.63) is 71.8 Å². The topological polar surface area (TPSA) is 66.9 Å². The second-order valence-corrected chi connectivity index (χ2v) is 14.1. The molecule has 3 aliphatic rings. The standard InChI is InChI=1S/C37H50N2O4S/c1-28(27-44-37(42)31-16-8-3-9-17-31)36(41)38(32-24-22-30(23-25-32)29-14-6-2-7-15-29)26-35(40)43-39(33-18-10-4-11-19-33)34-20-12-5-13-21-34/h2-3,6-9,14-17,28,30,32-34H,4-5,10-13,18-27H2,1H3. The van der Waals surface area contributed by atoms with Crippen LogP contribution in [0.1, 0.15) is 119 Å². The summed E-state index contributed by atoms with van der Waals surface area (Å²) in [4.78, 5) is 48.6. The molecule has 6 nitrogen and oxygen atoms in total. The Bertz CT molecular complexity index is 1170. The Morgan fingerprint density at radius 1 is 0.727 bits per heavy atom. The van der Waals surface area contributed by atoms with Gasteiger partial charge in [0.15, 0.2) is 0 Å². The molecular weight excluding hydrogens is 568 g/mol. The van der Waals surface area contributed by atoms with E-state index in [2.05, 4.69) is 29.3 Å². The molecular formula is C37H50N2O4S. The van der Waals surface area contributed by atoms with Gasteiger partial charge in [0.25, 0.3) is 0 Å². The molecule has 3 aliphatic carbocycles. The second-order valence-electron chi connectivity index (χ2n) is 13.2. The van der Waals surface area contributed by atoms with Crippen LogP contribution in [0, 0.1) is 5.92 Å². The van der Waals surface area contributed by atoms with E-state index < -0.39 is 0 Å². The molecule has 0 spiro atoms. The van der Waals surface area contributed by atoms with E-state index in [-0.39, 0.29) is 47.6 Å². The highest BCUT2D eigenvalue weighted by atomic mass is 32.2. The third kappa shape index (κ3) is 8.97. The Morgan fingerprint density at radius 2 is 1.27 bits per heavy atom. The van der Waals surface area contributed by atoms with E-state index in [4.69, 9.17) is 4.84 Å². The summed E-state index contributed by atoms with van der Waals surface area (Å²) in [5.74, 6) is 0.0922. The van der Waals surface area contributed by atoms with Crippen LogP contribution < -0.4 is 0 Å². The minimum absolute atomic E-state index is 0.00917. The van der Waals surface area contributed by atoms with Crippen LogP contribution in [-0.4, -0.2) is 57.4 Å². The van der Waals surface area contributed by atoms with E-state index in [1.54, 1.807) is 12.1 Å². The number of hydrogen-bond acceptors (Lipinski definition) is 6. The first-order chi connectivity index (χ1) is 21.5. The SMILES string of the molecule is CC(CSC(=O)c1ccccc1)C(=O)N(CC(=O)ON(C1CCCCC1)C1CCCCC1)C1CCC(c2ccccc2)CC1. The summed E-state index contributed by atoms with van der Waals surface area (Å²) in [5.41, 5.74) is 1.99. The molecule has 44 heavy (non-hydrogen) atoms. The first-order valence-corrected chi connectivity index (χ1v) is 18.0. The zero-order valence-electron chi connectivity index (χ0n) is 26.4. The molecule has 3 saturated carbocycles. The van der Waals surface area contributed by atoms with Crippen molar-refractivity contribution < 1.29 is 19.2 Å². The quantitative estimate of drug-likeness (QED) is 0.237. The van der Waals surface area contributed by atoms with E-state index in [0.29, 0.717) is 17.2 Å². The van der Waals surface area contributed by atoms with Crippen LogP contribution >= 0.6 is 11.8 Å². The summed E-state index contributed by atoms with van der Waals surface area (Å²) in [5, 5.41) is 2.03. The van der Waals surface area contributed by atoms with Crippen molar-refractivity contribution in [2.75, 3.05) is 12.3 Å². The molecule has 3 fully saturated rings. The minimum atomic E-state index is -0.389. The summed E-state index contributed by atoms with van der Waals surface area (Å²) in [6.45, 7) is 1.86. The molecule has 0 aliphatic heterocycles.